The molecule has 0 bridgehead atoms. The standard InChI is InChI=1S/C30H40N4O4/c1-4-25(23-8-6-5-7-9-23)29(36)33-14-12-32(13-15-33)27-11-10-24(31-28(35)20-22(2)3)21-26(27)30(37)34-16-18-38-19-17-34/h5-11,21-22,25H,4,12-20H2,1-3H3,(H,31,35)/t25-/m0/s1. The maximum absolute atomic E-state index is 13.6. The van der Waals surface area contributed by atoms with Crippen LogP contribution >= 0.6 is 0 Å². The highest BCUT2D eigenvalue weighted by Gasteiger charge is 2.30. The number of morpholine rings is 1. The van der Waals surface area contributed by atoms with Crippen molar-refractivity contribution in [3.05, 3.63) is 59.7 Å². The van der Waals surface area contributed by atoms with Crippen LogP contribution in [0.25, 0.3) is 0 Å². The molecule has 0 aliphatic carbocycles. The largest absolute Gasteiger partial charge is 0.378 e. The van der Waals surface area contributed by atoms with Crippen LogP contribution in [0.5, 0.6) is 0 Å². The second kappa shape index (κ2) is 12.9. The molecule has 2 aliphatic rings. The van der Waals surface area contributed by atoms with Crippen molar-refractivity contribution in [2.45, 2.75) is 39.5 Å². The topological polar surface area (TPSA) is 82.2 Å². The van der Waals surface area contributed by atoms with Crippen molar-refractivity contribution in [1.82, 2.24) is 9.80 Å². The van der Waals surface area contributed by atoms with Crippen molar-refractivity contribution in [2.24, 2.45) is 5.92 Å². The fourth-order valence-electron chi connectivity index (χ4n) is 5.21. The number of nitrogens with zero attached hydrogens (tertiary/aromatic N) is 3. The quantitative estimate of drug-likeness (QED) is 0.569. The Balaban J connectivity index is 1.50. The second-order valence-corrected chi connectivity index (χ2v) is 10.5. The lowest BCUT2D eigenvalue weighted by Gasteiger charge is -2.38. The Morgan fingerprint density at radius 2 is 1.58 bits per heavy atom. The monoisotopic (exact) mass is 520 g/mol. The molecule has 0 spiro atoms. The first-order chi connectivity index (χ1) is 18.4. The number of hydrogen-bond acceptors (Lipinski definition) is 5. The van der Waals surface area contributed by atoms with Crippen molar-refractivity contribution in [2.75, 3.05) is 62.7 Å². The molecule has 4 rings (SSSR count). The van der Waals surface area contributed by atoms with E-state index < -0.39 is 0 Å². The molecule has 2 aliphatic heterocycles. The van der Waals surface area contributed by atoms with Gasteiger partial charge in [-0.1, -0.05) is 51.1 Å². The summed E-state index contributed by atoms with van der Waals surface area (Å²) in [6.07, 6.45) is 1.18. The Hall–Kier alpha value is -3.39. The molecule has 0 unspecified atom stereocenters. The Kier molecular flexibility index (Phi) is 9.39. The normalized spacial score (nSPS) is 16.9. The van der Waals surface area contributed by atoms with E-state index in [2.05, 4.69) is 17.1 Å². The van der Waals surface area contributed by atoms with Crippen LogP contribution in [0.4, 0.5) is 11.4 Å². The van der Waals surface area contributed by atoms with Gasteiger partial charge < -0.3 is 24.8 Å². The van der Waals surface area contributed by atoms with Crippen LogP contribution in [0.1, 0.15) is 55.5 Å². The third kappa shape index (κ3) is 6.72. The predicted octanol–water partition coefficient (Wildman–Crippen LogP) is 3.99. The molecule has 0 aromatic heterocycles. The van der Waals surface area contributed by atoms with Crippen LogP contribution < -0.4 is 10.2 Å². The number of anilines is 2. The van der Waals surface area contributed by atoms with E-state index in [0.717, 1.165) is 17.7 Å². The Labute approximate surface area is 225 Å². The summed E-state index contributed by atoms with van der Waals surface area (Å²) in [5, 5.41) is 2.95. The van der Waals surface area contributed by atoms with E-state index in [0.29, 0.717) is 70.2 Å². The van der Waals surface area contributed by atoms with Gasteiger partial charge in [-0.25, -0.2) is 0 Å². The Morgan fingerprint density at radius 3 is 2.21 bits per heavy atom. The molecular formula is C30H40N4O4. The molecule has 0 saturated carbocycles. The molecule has 0 radical (unpaired) electrons. The van der Waals surface area contributed by atoms with Crippen molar-refractivity contribution in [3.8, 4) is 0 Å². The molecule has 2 fully saturated rings. The van der Waals surface area contributed by atoms with E-state index >= 15 is 0 Å². The minimum atomic E-state index is -0.144. The maximum atomic E-state index is 13.6. The van der Waals surface area contributed by atoms with Crippen LogP contribution in [0.15, 0.2) is 48.5 Å². The zero-order valence-electron chi connectivity index (χ0n) is 22.8. The molecule has 204 valence electrons. The van der Waals surface area contributed by atoms with Gasteiger partial charge in [-0.2, -0.15) is 0 Å². The summed E-state index contributed by atoms with van der Waals surface area (Å²) in [4.78, 5) is 45.3. The summed E-state index contributed by atoms with van der Waals surface area (Å²) in [6, 6.07) is 15.6. The predicted molar refractivity (Wildman–Crippen MR) is 150 cm³/mol. The van der Waals surface area contributed by atoms with Gasteiger partial charge in [0.1, 0.15) is 0 Å². The number of amides is 3. The molecule has 1 atom stereocenters. The highest BCUT2D eigenvalue weighted by atomic mass is 16.5. The van der Waals surface area contributed by atoms with Crippen molar-refractivity contribution in [3.63, 3.8) is 0 Å². The van der Waals surface area contributed by atoms with Gasteiger partial charge in [0.2, 0.25) is 11.8 Å². The third-order valence-corrected chi connectivity index (χ3v) is 7.24. The van der Waals surface area contributed by atoms with Gasteiger partial charge in [0, 0.05) is 57.1 Å². The fraction of sp³-hybridized carbons (Fsp3) is 0.500. The number of carbonyl (C=O) groups excluding carboxylic acids is 3. The lowest BCUT2D eigenvalue weighted by Crippen LogP contribution is -2.50. The van der Waals surface area contributed by atoms with Crippen LogP contribution in [0.3, 0.4) is 0 Å². The Morgan fingerprint density at radius 1 is 0.895 bits per heavy atom. The number of nitrogens with one attached hydrogen (secondary N) is 1. The van der Waals surface area contributed by atoms with Crippen LogP contribution in [0.2, 0.25) is 0 Å². The molecule has 2 saturated heterocycles. The number of ether oxygens (including phenoxy) is 1. The Bertz CT molecular complexity index is 1110. The summed E-state index contributed by atoms with van der Waals surface area (Å²) in [7, 11) is 0. The van der Waals surface area contributed by atoms with E-state index in [4.69, 9.17) is 4.74 Å². The lowest BCUT2D eigenvalue weighted by atomic mass is 9.94. The first-order valence-electron chi connectivity index (χ1n) is 13.8. The smallest absolute Gasteiger partial charge is 0.256 e. The van der Waals surface area contributed by atoms with E-state index in [9.17, 15) is 14.4 Å². The highest BCUT2D eigenvalue weighted by molar-refractivity contribution is 6.02. The molecule has 2 heterocycles. The molecule has 3 amide bonds. The molecule has 38 heavy (non-hydrogen) atoms. The van der Waals surface area contributed by atoms with E-state index in [1.165, 1.54) is 0 Å². The number of hydrogen-bond donors (Lipinski definition) is 1. The minimum absolute atomic E-state index is 0.0584. The number of benzene rings is 2. The molecular weight excluding hydrogens is 480 g/mol. The van der Waals surface area contributed by atoms with Crippen LogP contribution in [0, 0.1) is 5.92 Å². The average Bonchev–Trinajstić information content (AvgIpc) is 2.93. The van der Waals surface area contributed by atoms with Gasteiger partial charge in [-0.3, -0.25) is 14.4 Å². The number of carbonyl (C=O) groups is 3. The average molecular weight is 521 g/mol. The van der Waals surface area contributed by atoms with Crippen LogP contribution in [-0.2, 0) is 14.3 Å². The van der Waals surface area contributed by atoms with E-state index in [1.807, 2.05) is 66.1 Å². The molecule has 1 N–H and O–H groups in total. The first kappa shape index (κ1) is 27.6. The number of rotatable bonds is 8. The third-order valence-electron chi connectivity index (χ3n) is 7.24. The van der Waals surface area contributed by atoms with Crippen molar-refractivity contribution in [1.29, 1.82) is 0 Å². The summed E-state index contributed by atoms with van der Waals surface area (Å²) in [5.74, 6) is 0.142. The van der Waals surface area contributed by atoms with Crippen molar-refractivity contribution < 1.29 is 19.1 Å². The zero-order valence-corrected chi connectivity index (χ0v) is 22.8. The van der Waals surface area contributed by atoms with Gasteiger partial charge in [0.15, 0.2) is 0 Å². The van der Waals surface area contributed by atoms with Gasteiger partial charge in [0.05, 0.1) is 24.7 Å². The highest BCUT2D eigenvalue weighted by Crippen LogP contribution is 2.29. The summed E-state index contributed by atoms with van der Waals surface area (Å²) in [6.45, 7) is 10.7. The summed E-state index contributed by atoms with van der Waals surface area (Å²) >= 11 is 0. The molecule has 8 heteroatoms. The fourth-order valence-corrected chi connectivity index (χ4v) is 5.21. The van der Waals surface area contributed by atoms with Crippen LogP contribution in [-0.4, -0.2) is 80.0 Å². The van der Waals surface area contributed by atoms with Gasteiger partial charge in [-0.15, -0.1) is 0 Å². The molecule has 8 nitrogen and oxygen atoms in total. The summed E-state index contributed by atoms with van der Waals surface area (Å²) in [5.41, 5.74) is 3.09. The second-order valence-electron chi connectivity index (χ2n) is 10.5. The molecule has 2 aromatic rings. The molecule has 2 aromatic carbocycles. The minimum Gasteiger partial charge on any atom is -0.378 e. The van der Waals surface area contributed by atoms with Crippen molar-refractivity contribution >= 4 is 29.1 Å². The van der Waals surface area contributed by atoms with E-state index in [1.54, 1.807) is 6.07 Å². The maximum Gasteiger partial charge on any atom is 0.256 e. The van der Waals surface area contributed by atoms with Gasteiger partial charge >= 0.3 is 0 Å². The number of piperazine rings is 1. The lowest BCUT2D eigenvalue weighted by molar-refractivity contribution is -0.133. The van der Waals surface area contributed by atoms with Gasteiger partial charge in [0.25, 0.3) is 5.91 Å². The van der Waals surface area contributed by atoms with Gasteiger partial charge in [-0.05, 0) is 36.1 Å². The zero-order chi connectivity index (χ0) is 27.1. The summed E-state index contributed by atoms with van der Waals surface area (Å²) < 4.78 is 5.44. The SMILES string of the molecule is CC[C@H](C(=O)N1CCN(c2ccc(NC(=O)CC(C)C)cc2C(=O)N2CCOCC2)CC1)c1ccccc1. The first-order valence-corrected chi connectivity index (χ1v) is 13.8. The van der Waals surface area contributed by atoms with E-state index in [-0.39, 0.29) is 29.6 Å².